The van der Waals surface area contributed by atoms with Gasteiger partial charge in [-0.3, -0.25) is 4.79 Å². The molecule has 88 valence electrons. The molecule has 0 bridgehead atoms. The van der Waals surface area contributed by atoms with Crippen molar-refractivity contribution >= 4 is 5.91 Å². The molecule has 5 heteroatoms. The van der Waals surface area contributed by atoms with Crippen LogP contribution in [0.4, 0.5) is 0 Å². The van der Waals surface area contributed by atoms with Gasteiger partial charge in [0.15, 0.2) is 0 Å². The Morgan fingerprint density at radius 3 is 2.88 bits per heavy atom. The maximum absolute atomic E-state index is 11.1. The van der Waals surface area contributed by atoms with E-state index in [0.29, 0.717) is 6.54 Å². The number of hydrogen-bond acceptors (Lipinski definition) is 3. The van der Waals surface area contributed by atoms with Crippen molar-refractivity contribution in [3.63, 3.8) is 0 Å². The highest BCUT2D eigenvalue weighted by Gasteiger charge is 2.05. The predicted molar refractivity (Wildman–Crippen MR) is 64.5 cm³/mol. The Kier molecular flexibility index (Phi) is 3.52. The number of carbonyl (C=O) groups excluding carboxylic acids is 1. The monoisotopic (exact) mass is 230 g/mol. The van der Waals surface area contributed by atoms with Gasteiger partial charge in [-0.1, -0.05) is 18.2 Å². The van der Waals surface area contributed by atoms with Gasteiger partial charge in [0.2, 0.25) is 5.91 Å². The van der Waals surface area contributed by atoms with Gasteiger partial charge in [0.1, 0.15) is 0 Å². The van der Waals surface area contributed by atoms with Crippen LogP contribution in [0.5, 0.6) is 0 Å². The van der Waals surface area contributed by atoms with Gasteiger partial charge in [-0.05, 0) is 17.7 Å². The molecule has 1 aromatic carbocycles. The number of aromatic nitrogens is 2. The standard InChI is InChI=1S/C12H14N4O/c13-8-12(17)14-9-10-4-1-2-5-11(10)16-7-3-6-15-16/h1-7H,8-9,13H2,(H,14,17). The van der Waals surface area contributed by atoms with Gasteiger partial charge in [0, 0.05) is 18.9 Å². The van der Waals surface area contributed by atoms with E-state index in [1.807, 2.05) is 36.5 Å². The van der Waals surface area contributed by atoms with Crippen LogP contribution in [-0.2, 0) is 11.3 Å². The normalized spacial score (nSPS) is 10.2. The van der Waals surface area contributed by atoms with Gasteiger partial charge in [0.25, 0.3) is 0 Å². The van der Waals surface area contributed by atoms with Crippen LogP contribution in [0.3, 0.4) is 0 Å². The van der Waals surface area contributed by atoms with Crippen LogP contribution in [0.25, 0.3) is 5.69 Å². The topological polar surface area (TPSA) is 72.9 Å². The molecule has 0 saturated carbocycles. The third-order valence-electron chi connectivity index (χ3n) is 2.40. The van der Waals surface area contributed by atoms with E-state index in [-0.39, 0.29) is 12.5 Å². The van der Waals surface area contributed by atoms with Crippen molar-refractivity contribution in [2.24, 2.45) is 5.73 Å². The Morgan fingerprint density at radius 2 is 2.18 bits per heavy atom. The fourth-order valence-corrected chi connectivity index (χ4v) is 1.56. The zero-order chi connectivity index (χ0) is 12.1. The molecule has 2 rings (SSSR count). The van der Waals surface area contributed by atoms with Crippen molar-refractivity contribution in [1.29, 1.82) is 0 Å². The van der Waals surface area contributed by atoms with Crippen molar-refractivity contribution < 1.29 is 4.79 Å². The highest BCUT2D eigenvalue weighted by molar-refractivity contribution is 5.77. The zero-order valence-corrected chi connectivity index (χ0v) is 9.34. The number of nitrogens with one attached hydrogen (secondary N) is 1. The molecule has 0 atom stereocenters. The van der Waals surface area contributed by atoms with E-state index in [4.69, 9.17) is 5.73 Å². The van der Waals surface area contributed by atoms with Crippen LogP contribution in [0, 0.1) is 0 Å². The van der Waals surface area contributed by atoms with Gasteiger partial charge in [0.05, 0.1) is 12.2 Å². The van der Waals surface area contributed by atoms with E-state index in [9.17, 15) is 4.79 Å². The molecule has 0 fully saturated rings. The Morgan fingerprint density at radius 1 is 1.35 bits per heavy atom. The minimum atomic E-state index is -0.166. The van der Waals surface area contributed by atoms with E-state index in [1.54, 1.807) is 10.9 Å². The smallest absolute Gasteiger partial charge is 0.234 e. The summed E-state index contributed by atoms with van der Waals surface area (Å²) in [6, 6.07) is 9.63. The molecular formula is C12H14N4O. The average molecular weight is 230 g/mol. The van der Waals surface area contributed by atoms with Crippen molar-refractivity contribution in [2.45, 2.75) is 6.54 Å². The first-order valence-corrected chi connectivity index (χ1v) is 5.36. The molecule has 1 aromatic heterocycles. The first-order chi connectivity index (χ1) is 8.31. The molecule has 0 unspecified atom stereocenters. The summed E-state index contributed by atoms with van der Waals surface area (Å²) in [4.78, 5) is 11.1. The molecule has 0 radical (unpaired) electrons. The first kappa shape index (κ1) is 11.3. The van der Waals surface area contributed by atoms with Crippen LogP contribution in [0.1, 0.15) is 5.56 Å². The maximum Gasteiger partial charge on any atom is 0.234 e. The molecule has 3 N–H and O–H groups in total. The highest BCUT2D eigenvalue weighted by atomic mass is 16.1. The van der Waals surface area contributed by atoms with Crippen LogP contribution in [0.15, 0.2) is 42.7 Å². The molecule has 1 heterocycles. The average Bonchev–Trinajstić information content (AvgIpc) is 2.90. The second-order valence-corrected chi connectivity index (χ2v) is 3.56. The summed E-state index contributed by atoms with van der Waals surface area (Å²) in [5.74, 6) is -0.166. The largest absolute Gasteiger partial charge is 0.351 e. The zero-order valence-electron chi connectivity index (χ0n) is 9.34. The molecular weight excluding hydrogens is 216 g/mol. The Bertz CT molecular complexity index is 493. The predicted octanol–water partition coefficient (Wildman–Crippen LogP) is 0.447. The number of hydrogen-bond donors (Lipinski definition) is 2. The molecule has 0 aliphatic heterocycles. The van der Waals surface area contributed by atoms with Crippen LogP contribution in [0.2, 0.25) is 0 Å². The Balaban J connectivity index is 2.20. The fourth-order valence-electron chi connectivity index (χ4n) is 1.56. The minimum Gasteiger partial charge on any atom is -0.351 e. The van der Waals surface area contributed by atoms with E-state index in [0.717, 1.165) is 11.3 Å². The summed E-state index contributed by atoms with van der Waals surface area (Å²) in [5, 5.41) is 6.92. The van der Waals surface area contributed by atoms with Crippen molar-refractivity contribution in [1.82, 2.24) is 15.1 Å². The molecule has 0 aliphatic rings. The molecule has 0 spiro atoms. The molecule has 5 nitrogen and oxygen atoms in total. The van der Waals surface area contributed by atoms with Gasteiger partial charge < -0.3 is 11.1 Å². The molecule has 2 aromatic rings. The number of carbonyl (C=O) groups is 1. The van der Waals surface area contributed by atoms with E-state index >= 15 is 0 Å². The minimum absolute atomic E-state index is 0.00391. The Labute approximate surface area is 99.2 Å². The SMILES string of the molecule is NCC(=O)NCc1ccccc1-n1cccn1. The lowest BCUT2D eigenvalue weighted by atomic mass is 10.2. The summed E-state index contributed by atoms with van der Waals surface area (Å²) < 4.78 is 1.77. The summed E-state index contributed by atoms with van der Waals surface area (Å²) in [6.07, 6.45) is 3.58. The van der Waals surface area contributed by atoms with Crippen molar-refractivity contribution in [3.05, 3.63) is 48.3 Å². The van der Waals surface area contributed by atoms with Gasteiger partial charge in [-0.2, -0.15) is 5.10 Å². The van der Waals surface area contributed by atoms with Crippen molar-refractivity contribution in [3.8, 4) is 5.69 Å². The lowest BCUT2D eigenvalue weighted by Gasteiger charge is -2.10. The van der Waals surface area contributed by atoms with Crippen LogP contribution < -0.4 is 11.1 Å². The van der Waals surface area contributed by atoms with Gasteiger partial charge >= 0.3 is 0 Å². The number of para-hydroxylation sites is 1. The lowest BCUT2D eigenvalue weighted by molar-refractivity contribution is -0.119. The number of amides is 1. The maximum atomic E-state index is 11.1. The van der Waals surface area contributed by atoms with Gasteiger partial charge in [-0.25, -0.2) is 4.68 Å². The summed E-state index contributed by atoms with van der Waals surface area (Å²) in [5.41, 5.74) is 7.19. The van der Waals surface area contributed by atoms with E-state index in [2.05, 4.69) is 10.4 Å². The molecule has 0 aliphatic carbocycles. The Hall–Kier alpha value is -2.14. The first-order valence-electron chi connectivity index (χ1n) is 5.36. The number of nitrogens with two attached hydrogens (primary N) is 1. The third-order valence-corrected chi connectivity index (χ3v) is 2.40. The number of rotatable bonds is 4. The molecule has 0 saturated heterocycles. The molecule has 1 amide bonds. The quantitative estimate of drug-likeness (QED) is 0.800. The summed E-state index contributed by atoms with van der Waals surface area (Å²) in [6.45, 7) is 0.454. The van der Waals surface area contributed by atoms with Gasteiger partial charge in [-0.15, -0.1) is 0 Å². The van der Waals surface area contributed by atoms with Crippen LogP contribution >= 0.6 is 0 Å². The second-order valence-electron chi connectivity index (χ2n) is 3.56. The summed E-state index contributed by atoms with van der Waals surface area (Å²) in [7, 11) is 0. The van der Waals surface area contributed by atoms with E-state index < -0.39 is 0 Å². The van der Waals surface area contributed by atoms with Crippen molar-refractivity contribution in [2.75, 3.05) is 6.54 Å². The van der Waals surface area contributed by atoms with Crippen LogP contribution in [-0.4, -0.2) is 22.2 Å². The lowest BCUT2D eigenvalue weighted by Crippen LogP contribution is -2.30. The molecule has 17 heavy (non-hydrogen) atoms. The fraction of sp³-hybridized carbons (Fsp3) is 0.167. The number of nitrogens with zero attached hydrogens (tertiary/aromatic N) is 2. The summed E-state index contributed by atoms with van der Waals surface area (Å²) >= 11 is 0. The number of benzene rings is 1. The second kappa shape index (κ2) is 5.27. The highest BCUT2D eigenvalue weighted by Crippen LogP contribution is 2.12. The third kappa shape index (κ3) is 2.70. The van der Waals surface area contributed by atoms with E-state index in [1.165, 1.54) is 0 Å².